The average molecular weight is 392 g/mol. The molecule has 4 nitrogen and oxygen atoms in total. The third kappa shape index (κ3) is 3.95. The highest BCUT2D eigenvalue weighted by Crippen LogP contribution is 2.42. The predicted molar refractivity (Wildman–Crippen MR) is 115 cm³/mol. The number of piperidine rings is 1. The van der Waals surface area contributed by atoms with E-state index < -0.39 is 0 Å². The van der Waals surface area contributed by atoms with Gasteiger partial charge >= 0.3 is 0 Å². The number of Topliss-reactive ketones (excluding diaryl/α,β-unsaturated/α-hetero) is 1. The summed E-state index contributed by atoms with van der Waals surface area (Å²) in [6, 6.07) is 9.68. The van der Waals surface area contributed by atoms with Gasteiger partial charge in [0.2, 0.25) is 5.78 Å². The lowest BCUT2D eigenvalue weighted by atomic mass is 9.91. The van der Waals surface area contributed by atoms with Gasteiger partial charge in [-0.25, -0.2) is 0 Å². The van der Waals surface area contributed by atoms with Gasteiger partial charge in [-0.2, -0.15) is 0 Å². The number of ether oxygens (including phenoxy) is 1. The van der Waals surface area contributed by atoms with Gasteiger partial charge in [0.05, 0.1) is 11.1 Å². The topological polar surface area (TPSA) is 49.8 Å². The van der Waals surface area contributed by atoms with E-state index in [1.807, 2.05) is 38.1 Å². The Morgan fingerprint density at radius 1 is 1.14 bits per heavy atom. The Kier molecular flexibility index (Phi) is 5.22. The summed E-state index contributed by atoms with van der Waals surface area (Å²) in [5.41, 5.74) is 4.14. The largest absolute Gasteiger partial charge is 0.507 e. The molecule has 4 rings (SSSR count). The number of rotatable bonds is 3. The maximum absolute atomic E-state index is 13.1. The van der Waals surface area contributed by atoms with Crippen molar-refractivity contribution in [3.8, 4) is 11.5 Å². The number of hydrogen-bond acceptors (Lipinski definition) is 4. The van der Waals surface area contributed by atoms with Gasteiger partial charge in [-0.15, -0.1) is 0 Å². The first-order valence-electron chi connectivity index (χ1n) is 10.4. The normalized spacial score (nSPS) is 23.3. The second kappa shape index (κ2) is 7.68. The third-order valence-electron chi connectivity index (χ3n) is 5.92. The second-order valence-corrected chi connectivity index (χ2v) is 8.89. The number of hydrogen-bond donors (Lipinski definition) is 1. The minimum absolute atomic E-state index is 0.111. The van der Waals surface area contributed by atoms with Gasteiger partial charge in [0, 0.05) is 19.6 Å². The fourth-order valence-electron chi connectivity index (χ4n) is 4.69. The summed E-state index contributed by atoms with van der Waals surface area (Å²) in [6.07, 6.45) is 3.01. The zero-order chi connectivity index (χ0) is 20.7. The smallest absolute Gasteiger partial charge is 0.232 e. The lowest BCUT2D eigenvalue weighted by Crippen LogP contribution is -2.38. The van der Waals surface area contributed by atoms with E-state index in [4.69, 9.17) is 4.74 Å². The van der Waals surface area contributed by atoms with Crippen LogP contribution in [0.3, 0.4) is 0 Å². The van der Waals surface area contributed by atoms with Crippen LogP contribution in [0.5, 0.6) is 11.5 Å². The number of ketones is 1. The van der Waals surface area contributed by atoms with Crippen LogP contribution in [0.1, 0.15) is 52.9 Å². The monoisotopic (exact) mass is 391 g/mol. The van der Waals surface area contributed by atoms with E-state index in [2.05, 4.69) is 18.7 Å². The number of benzene rings is 2. The van der Waals surface area contributed by atoms with E-state index in [0.29, 0.717) is 41.0 Å². The van der Waals surface area contributed by atoms with E-state index in [0.717, 1.165) is 24.2 Å². The molecule has 1 fully saturated rings. The molecule has 2 aliphatic heterocycles. The highest BCUT2D eigenvalue weighted by atomic mass is 16.5. The number of aromatic hydroxyl groups is 1. The summed E-state index contributed by atoms with van der Waals surface area (Å²) in [7, 11) is 0. The molecule has 0 saturated carbocycles. The molecule has 29 heavy (non-hydrogen) atoms. The minimum atomic E-state index is -0.111. The van der Waals surface area contributed by atoms with Crippen LogP contribution in [0.2, 0.25) is 0 Å². The summed E-state index contributed by atoms with van der Waals surface area (Å²) in [6.45, 7) is 11.0. The highest BCUT2D eigenvalue weighted by Gasteiger charge is 2.34. The molecule has 2 unspecified atom stereocenters. The van der Waals surface area contributed by atoms with Crippen LogP contribution in [-0.2, 0) is 6.54 Å². The van der Waals surface area contributed by atoms with Crippen molar-refractivity contribution in [2.24, 2.45) is 11.8 Å². The van der Waals surface area contributed by atoms with Gasteiger partial charge in [-0.05, 0) is 55.4 Å². The maximum atomic E-state index is 13.1. The highest BCUT2D eigenvalue weighted by molar-refractivity contribution is 6.15. The van der Waals surface area contributed by atoms with E-state index in [1.165, 1.54) is 12.0 Å². The molecule has 2 aliphatic rings. The molecule has 2 heterocycles. The molecule has 152 valence electrons. The first-order valence-corrected chi connectivity index (χ1v) is 10.4. The van der Waals surface area contributed by atoms with Crippen molar-refractivity contribution in [3.63, 3.8) is 0 Å². The number of carbonyl (C=O) groups is 1. The first-order chi connectivity index (χ1) is 13.8. The number of phenols is 1. The van der Waals surface area contributed by atoms with E-state index in [9.17, 15) is 9.90 Å². The van der Waals surface area contributed by atoms with E-state index in [1.54, 1.807) is 12.1 Å². The van der Waals surface area contributed by atoms with Crippen LogP contribution in [0, 0.1) is 25.7 Å². The molecular weight excluding hydrogens is 362 g/mol. The quantitative estimate of drug-likeness (QED) is 0.739. The van der Waals surface area contributed by atoms with Crippen molar-refractivity contribution < 1.29 is 14.6 Å². The summed E-state index contributed by atoms with van der Waals surface area (Å²) in [5, 5.41) is 10.7. The van der Waals surface area contributed by atoms with Crippen molar-refractivity contribution in [1.29, 1.82) is 0 Å². The first kappa shape index (κ1) is 19.7. The van der Waals surface area contributed by atoms with Crippen molar-refractivity contribution in [2.75, 3.05) is 13.1 Å². The lowest BCUT2D eigenvalue weighted by Gasteiger charge is -2.35. The van der Waals surface area contributed by atoms with Crippen molar-refractivity contribution in [1.82, 2.24) is 4.90 Å². The molecule has 0 bridgehead atoms. The van der Waals surface area contributed by atoms with E-state index >= 15 is 0 Å². The Morgan fingerprint density at radius 3 is 2.45 bits per heavy atom. The Hall–Kier alpha value is -2.59. The maximum Gasteiger partial charge on any atom is 0.232 e. The number of nitrogens with zero attached hydrogens (tertiary/aromatic N) is 1. The van der Waals surface area contributed by atoms with Crippen LogP contribution < -0.4 is 4.74 Å². The van der Waals surface area contributed by atoms with Crippen LogP contribution >= 0.6 is 0 Å². The predicted octanol–water partition coefficient (Wildman–Crippen LogP) is 5.10. The minimum Gasteiger partial charge on any atom is -0.507 e. The Balaban J connectivity index is 1.68. The van der Waals surface area contributed by atoms with Crippen LogP contribution in [0.15, 0.2) is 36.1 Å². The fraction of sp³-hybridized carbons (Fsp3) is 0.400. The van der Waals surface area contributed by atoms with Gasteiger partial charge in [0.1, 0.15) is 11.5 Å². The number of fused-ring (bicyclic) bond motifs is 1. The zero-order valence-electron chi connectivity index (χ0n) is 17.7. The Bertz CT molecular complexity index is 965. The molecule has 0 radical (unpaired) electrons. The van der Waals surface area contributed by atoms with Gasteiger partial charge < -0.3 is 9.84 Å². The molecule has 0 spiro atoms. The molecule has 1 N–H and O–H groups in total. The number of allylic oxidation sites excluding steroid dienone is 1. The number of carbonyl (C=O) groups excluding carboxylic acids is 1. The molecule has 2 atom stereocenters. The third-order valence-corrected chi connectivity index (χ3v) is 5.92. The van der Waals surface area contributed by atoms with Crippen molar-refractivity contribution in [2.45, 2.75) is 40.7 Å². The molecule has 0 aromatic heterocycles. The molecule has 2 aromatic rings. The van der Waals surface area contributed by atoms with Crippen molar-refractivity contribution in [3.05, 3.63) is 63.9 Å². The summed E-state index contributed by atoms with van der Waals surface area (Å²) in [5.74, 6) is 2.19. The standard InChI is InChI=1S/C25H29NO3/c1-15-5-7-19(8-6-15)11-22-24(28)23-18(4)10-21(27)20(25(23)29-22)14-26-12-16(2)9-17(3)13-26/h5-8,10-11,16-17,27H,9,12-14H2,1-4H3/b22-11+. The SMILES string of the molecule is Cc1ccc(/C=C2/Oc3c(CN4CC(C)CC(C)C4)c(O)cc(C)c3C2=O)cc1. The van der Waals surface area contributed by atoms with Gasteiger partial charge in [-0.1, -0.05) is 43.7 Å². The summed E-state index contributed by atoms with van der Waals surface area (Å²) in [4.78, 5) is 15.4. The van der Waals surface area contributed by atoms with Gasteiger partial charge in [0.15, 0.2) is 5.76 Å². The number of aryl methyl sites for hydroxylation is 2. The Morgan fingerprint density at radius 2 is 1.79 bits per heavy atom. The van der Waals surface area contributed by atoms with Crippen LogP contribution in [0.4, 0.5) is 0 Å². The molecule has 0 amide bonds. The Labute approximate surface area is 172 Å². The molecule has 0 aliphatic carbocycles. The average Bonchev–Trinajstić information content (AvgIpc) is 2.96. The van der Waals surface area contributed by atoms with E-state index in [-0.39, 0.29) is 11.5 Å². The fourth-order valence-corrected chi connectivity index (χ4v) is 4.69. The van der Waals surface area contributed by atoms with Crippen LogP contribution in [0.25, 0.3) is 6.08 Å². The van der Waals surface area contributed by atoms with Crippen molar-refractivity contribution >= 4 is 11.9 Å². The summed E-state index contributed by atoms with van der Waals surface area (Å²) >= 11 is 0. The molecule has 2 aromatic carbocycles. The lowest BCUT2D eigenvalue weighted by molar-refractivity contribution is 0.101. The molecule has 4 heteroatoms. The number of likely N-dealkylation sites (tertiary alicyclic amines) is 1. The summed E-state index contributed by atoms with van der Waals surface area (Å²) < 4.78 is 6.07. The van der Waals surface area contributed by atoms with Gasteiger partial charge in [0.25, 0.3) is 0 Å². The van der Waals surface area contributed by atoms with Gasteiger partial charge in [-0.3, -0.25) is 9.69 Å². The zero-order valence-corrected chi connectivity index (χ0v) is 17.7. The van der Waals surface area contributed by atoms with Crippen LogP contribution in [-0.4, -0.2) is 28.9 Å². The molecular formula is C25H29NO3. The molecule has 1 saturated heterocycles. The number of phenolic OH excluding ortho intramolecular Hbond substituents is 1. The second-order valence-electron chi connectivity index (χ2n) is 8.89.